The molecule has 88 valence electrons. The number of hydrogen-bond donors (Lipinski definition) is 0. The molecule has 0 N–H and O–H groups in total. The van der Waals surface area contributed by atoms with Crippen molar-refractivity contribution in [2.24, 2.45) is 0 Å². The average Bonchev–Trinajstić information content (AvgIpc) is 2.64. The first-order chi connectivity index (χ1) is 7.93. The zero-order chi connectivity index (χ0) is 10.8. The average molecular weight is 346 g/mol. The van der Waals surface area contributed by atoms with E-state index in [0.717, 1.165) is 29.9 Å². The van der Waals surface area contributed by atoms with Gasteiger partial charge < -0.3 is 0 Å². The van der Waals surface area contributed by atoms with Crippen LogP contribution in [0.2, 0.25) is 0 Å². The molecule has 0 saturated heterocycles. The summed E-state index contributed by atoms with van der Waals surface area (Å²) in [5.74, 6) is 0. The van der Waals surface area contributed by atoms with Crippen molar-refractivity contribution in [3.63, 3.8) is 0 Å². The van der Waals surface area contributed by atoms with E-state index < -0.39 is 0 Å². The van der Waals surface area contributed by atoms with Crippen molar-refractivity contribution < 1.29 is 0 Å². The second-order valence-corrected chi connectivity index (χ2v) is 10.0. The van der Waals surface area contributed by atoms with Gasteiger partial charge in [-0.1, -0.05) is 0 Å². The van der Waals surface area contributed by atoms with Crippen LogP contribution in [0, 0.1) is 0 Å². The van der Waals surface area contributed by atoms with Crippen molar-refractivity contribution in [3.8, 4) is 0 Å². The Labute approximate surface area is 112 Å². The summed E-state index contributed by atoms with van der Waals surface area (Å²) in [5, 5.41) is 0. The molecule has 1 aliphatic heterocycles. The quantitative estimate of drug-likeness (QED) is 0.586. The van der Waals surface area contributed by atoms with Gasteiger partial charge in [-0.15, -0.1) is 0 Å². The molecule has 3 aliphatic rings. The molecule has 16 heavy (non-hydrogen) atoms. The van der Waals surface area contributed by atoms with Crippen LogP contribution in [-0.4, -0.2) is 29.9 Å². The molecule has 0 aromatic heterocycles. The van der Waals surface area contributed by atoms with Gasteiger partial charge in [-0.3, -0.25) is 0 Å². The Morgan fingerprint density at radius 2 is 0.750 bits per heavy atom. The molecule has 0 bridgehead atoms. The first-order valence-corrected chi connectivity index (χ1v) is 10.2. The number of rotatable bonds is 0. The normalized spacial score (nSPS) is 27.0. The second-order valence-electron chi connectivity index (χ2n) is 5.02. The van der Waals surface area contributed by atoms with Crippen LogP contribution in [0.5, 0.6) is 0 Å². The zero-order valence-electron chi connectivity index (χ0n) is 9.89. The SMILES string of the molecule is C1CCC2=C(CC1)[Se]C1=C(CCCCC1)[Se]2. The molecule has 2 aliphatic carbocycles. The fourth-order valence-corrected chi connectivity index (χ4v) is 9.73. The fourth-order valence-electron chi connectivity index (χ4n) is 2.78. The van der Waals surface area contributed by atoms with Crippen LogP contribution in [0.25, 0.3) is 0 Å². The molecule has 0 radical (unpaired) electrons. The van der Waals surface area contributed by atoms with E-state index in [-0.39, 0.29) is 0 Å². The first-order valence-electron chi connectivity index (χ1n) is 6.73. The van der Waals surface area contributed by atoms with Gasteiger partial charge in [0, 0.05) is 0 Å². The fraction of sp³-hybridized carbons (Fsp3) is 0.714. The van der Waals surface area contributed by atoms with Crippen LogP contribution >= 0.6 is 0 Å². The van der Waals surface area contributed by atoms with Crippen LogP contribution in [0.15, 0.2) is 17.9 Å². The number of hydrogen-bond acceptors (Lipinski definition) is 0. The molecular formula is C14H20Se2. The molecule has 0 fully saturated rings. The van der Waals surface area contributed by atoms with Crippen molar-refractivity contribution >= 4 is 29.9 Å². The van der Waals surface area contributed by atoms with E-state index in [1.54, 1.807) is 0 Å². The van der Waals surface area contributed by atoms with E-state index in [2.05, 4.69) is 0 Å². The van der Waals surface area contributed by atoms with Crippen molar-refractivity contribution in [1.82, 2.24) is 0 Å². The maximum absolute atomic E-state index is 1.95. The van der Waals surface area contributed by atoms with Gasteiger partial charge in [0.2, 0.25) is 0 Å². The first kappa shape index (κ1) is 11.6. The maximum atomic E-state index is 1.95. The Morgan fingerprint density at radius 1 is 0.438 bits per heavy atom. The van der Waals surface area contributed by atoms with Crippen LogP contribution in [-0.2, 0) is 0 Å². The molecule has 0 spiro atoms. The third-order valence-corrected chi connectivity index (χ3v) is 10.9. The topological polar surface area (TPSA) is 0 Å². The van der Waals surface area contributed by atoms with E-state index in [4.69, 9.17) is 0 Å². The molecule has 1 heterocycles. The predicted molar refractivity (Wildman–Crippen MR) is 71.7 cm³/mol. The van der Waals surface area contributed by atoms with Crippen molar-refractivity contribution in [1.29, 1.82) is 0 Å². The van der Waals surface area contributed by atoms with Gasteiger partial charge in [-0.05, 0) is 0 Å². The molecular weight excluding hydrogens is 326 g/mol. The van der Waals surface area contributed by atoms with E-state index in [1.807, 2.05) is 17.9 Å². The van der Waals surface area contributed by atoms with Gasteiger partial charge in [0.15, 0.2) is 0 Å². The molecule has 0 saturated carbocycles. The molecule has 0 amide bonds. The summed E-state index contributed by atoms with van der Waals surface area (Å²) in [4.78, 5) is 0. The Hall–Kier alpha value is 0.519. The van der Waals surface area contributed by atoms with Gasteiger partial charge in [0.05, 0.1) is 0 Å². The molecule has 0 nitrogen and oxygen atoms in total. The molecule has 0 aromatic rings. The van der Waals surface area contributed by atoms with E-state index in [1.165, 1.54) is 64.2 Å². The molecule has 0 unspecified atom stereocenters. The summed E-state index contributed by atoms with van der Waals surface area (Å²) in [6.07, 6.45) is 14.8. The zero-order valence-corrected chi connectivity index (χ0v) is 13.3. The molecule has 0 atom stereocenters. The Balaban J connectivity index is 1.80. The summed E-state index contributed by atoms with van der Waals surface area (Å²) in [6.45, 7) is 0. The standard InChI is InChI=1S/C14H20Se2/c1-3-7-11-12(8-4-1)16-14-10-6-2-5-9-13(14)15-11/h1-10H2. The minimum absolute atomic E-state index is 0.791. The van der Waals surface area contributed by atoms with Gasteiger partial charge in [0.25, 0.3) is 0 Å². The van der Waals surface area contributed by atoms with Gasteiger partial charge in [0.1, 0.15) is 0 Å². The Morgan fingerprint density at radius 3 is 1.06 bits per heavy atom. The third kappa shape index (κ3) is 2.51. The minimum atomic E-state index is 0.791. The summed E-state index contributed by atoms with van der Waals surface area (Å²) in [6, 6.07) is 0. The Kier molecular flexibility index (Phi) is 3.95. The predicted octanol–water partition coefficient (Wildman–Crippen LogP) is 3.76. The van der Waals surface area contributed by atoms with Gasteiger partial charge in [-0.25, -0.2) is 0 Å². The summed E-state index contributed by atoms with van der Waals surface area (Å²) < 4.78 is 7.80. The van der Waals surface area contributed by atoms with Crippen molar-refractivity contribution in [2.45, 2.75) is 64.2 Å². The van der Waals surface area contributed by atoms with Crippen molar-refractivity contribution in [3.05, 3.63) is 17.9 Å². The van der Waals surface area contributed by atoms with Gasteiger partial charge in [-0.2, -0.15) is 0 Å². The summed E-state index contributed by atoms with van der Waals surface area (Å²) in [7, 11) is 0. The number of allylic oxidation sites excluding steroid dienone is 4. The van der Waals surface area contributed by atoms with Crippen LogP contribution < -0.4 is 0 Å². The second kappa shape index (κ2) is 5.44. The molecule has 0 aromatic carbocycles. The van der Waals surface area contributed by atoms with Gasteiger partial charge >= 0.3 is 112 Å². The third-order valence-electron chi connectivity index (χ3n) is 3.73. The van der Waals surface area contributed by atoms with E-state index in [0.29, 0.717) is 0 Å². The van der Waals surface area contributed by atoms with Crippen LogP contribution in [0.1, 0.15) is 64.2 Å². The van der Waals surface area contributed by atoms with Crippen LogP contribution in [0.3, 0.4) is 0 Å². The van der Waals surface area contributed by atoms with Crippen molar-refractivity contribution in [2.75, 3.05) is 0 Å². The van der Waals surface area contributed by atoms with Crippen LogP contribution in [0.4, 0.5) is 0 Å². The summed E-state index contributed by atoms with van der Waals surface area (Å²) >= 11 is 1.58. The van der Waals surface area contributed by atoms with E-state index >= 15 is 0 Å². The molecule has 3 rings (SSSR count). The summed E-state index contributed by atoms with van der Waals surface area (Å²) in [5.41, 5.74) is 0. The molecule has 2 heteroatoms. The Bertz CT molecular complexity index is 277. The monoisotopic (exact) mass is 348 g/mol. The van der Waals surface area contributed by atoms with E-state index in [9.17, 15) is 0 Å².